The highest BCUT2D eigenvalue weighted by molar-refractivity contribution is 6.31. The molecular formula is C18H18ClFN2O2. The normalized spacial score (nSPS) is 10.3. The molecule has 2 amide bonds. The Hall–Kier alpha value is -2.40. The van der Waals surface area contributed by atoms with Crippen LogP contribution in [0.25, 0.3) is 0 Å². The molecule has 24 heavy (non-hydrogen) atoms. The third-order valence-electron chi connectivity index (χ3n) is 3.55. The number of carbonyl (C=O) groups is 2. The maximum atomic E-state index is 13.2. The first-order valence-corrected chi connectivity index (χ1v) is 7.91. The number of hydrogen-bond acceptors (Lipinski definition) is 2. The number of rotatable bonds is 5. The summed E-state index contributed by atoms with van der Waals surface area (Å²) in [6, 6.07) is 11.4. The SMILES string of the molecule is CCc1ccccc1N(CC(=O)Nc1ccc(F)c(Cl)c1)C(C)=O. The van der Waals surface area contributed by atoms with Crippen molar-refractivity contribution in [2.75, 3.05) is 16.8 Å². The van der Waals surface area contributed by atoms with Gasteiger partial charge in [-0.1, -0.05) is 36.7 Å². The van der Waals surface area contributed by atoms with Gasteiger partial charge in [-0.2, -0.15) is 0 Å². The van der Waals surface area contributed by atoms with Crippen LogP contribution in [-0.2, 0) is 16.0 Å². The number of benzene rings is 2. The van der Waals surface area contributed by atoms with Crippen LogP contribution >= 0.6 is 11.6 Å². The van der Waals surface area contributed by atoms with E-state index in [9.17, 15) is 14.0 Å². The molecule has 0 saturated heterocycles. The summed E-state index contributed by atoms with van der Waals surface area (Å²) in [6.07, 6.45) is 0.745. The van der Waals surface area contributed by atoms with E-state index in [1.165, 1.54) is 30.0 Å². The third kappa shape index (κ3) is 4.32. The summed E-state index contributed by atoms with van der Waals surface area (Å²) < 4.78 is 13.2. The Labute approximate surface area is 145 Å². The summed E-state index contributed by atoms with van der Waals surface area (Å²) >= 11 is 5.70. The first-order valence-electron chi connectivity index (χ1n) is 7.53. The quantitative estimate of drug-likeness (QED) is 0.886. The van der Waals surface area contributed by atoms with Crippen molar-refractivity contribution >= 4 is 34.8 Å². The molecule has 0 saturated carbocycles. The predicted molar refractivity (Wildman–Crippen MR) is 93.9 cm³/mol. The van der Waals surface area contributed by atoms with E-state index >= 15 is 0 Å². The Morgan fingerprint density at radius 2 is 1.92 bits per heavy atom. The monoisotopic (exact) mass is 348 g/mol. The summed E-state index contributed by atoms with van der Waals surface area (Å²) in [5, 5.41) is 2.54. The smallest absolute Gasteiger partial charge is 0.244 e. The van der Waals surface area contributed by atoms with Gasteiger partial charge < -0.3 is 10.2 Å². The van der Waals surface area contributed by atoms with Gasteiger partial charge >= 0.3 is 0 Å². The average Bonchev–Trinajstić information content (AvgIpc) is 2.56. The molecule has 1 N–H and O–H groups in total. The maximum absolute atomic E-state index is 13.2. The highest BCUT2D eigenvalue weighted by atomic mass is 35.5. The zero-order valence-electron chi connectivity index (χ0n) is 13.5. The van der Waals surface area contributed by atoms with Gasteiger partial charge in [0.05, 0.1) is 5.02 Å². The maximum Gasteiger partial charge on any atom is 0.244 e. The molecule has 0 bridgehead atoms. The standard InChI is InChI=1S/C18H18ClFN2O2/c1-3-13-6-4-5-7-17(13)22(12(2)23)11-18(24)21-14-8-9-16(20)15(19)10-14/h4-10H,3,11H2,1-2H3,(H,21,24). The molecule has 2 aromatic carbocycles. The lowest BCUT2D eigenvalue weighted by molar-refractivity contribution is -0.120. The second-order valence-electron chi connectivity index (χ2n) is 5.26. The van der Waals surface area contributed by atoms with E-state index in [0.29, 0.717) is 11.4 Å². The van der Waals surface area contributed by atoms with Crippen LogP contribution < -0.4 is 10.2 Å². The van der Waals surface area contributed by atoms with Gasteiger partial charge in [0.2, 0.25) is 11.8 Å². The average molecular weight is 349 g/mol. The second-order valence-corrected chi connectivity index (χ2v) is 5.67. The summed E-state index contributed by atoms with van der Waals surface area (Å²) in [7, 11) is 0. The molecule has 0 aliphatic carbocycles. The molecule has 0 atom stereocenters. The van der Waals surface area contributed by atoms with Crippen molar-refractivity contribution in [3.63, 3.8) is 0 Å². The van der Waals surface area contributed by atoms with Gasteiger partial charge in [-0.15, -0.1) is 0 Å². The van der Waals surface area contributed by atoms with Crippen LogP contribution in [0.5, 0.6) is 0 Å². The number of amides is 2. The van der Waals surface area contributed by atoms with Crippen molar-refractivity contribution in [1.82, 2.24) is 0 Å². The van der Waals surface area contributed by atoms with Crippen LogP contribution in [0.1, 0.15) is 19.4 Å². The molecule has 126 valence electrons. The number of para-hydroxylation sites is 1. The van der Waals surface area contributed by atoms with Crippen LogP contribution in [0.15, 0.2) is 42.5 Å². The summed E-state index contributed by atoms with van der Waals surface area (Å²) in [4.78, 5) is 25.6. The fourth-order valence-electron chi connectivity index (χ4n) is 2.36. The van der Waals surface area contributed by atoms with Crippen molar-refractivity contribution in [2.45, 2.75) is 20.3 Å². The minimum Gasteiger partial charge on any atom is -0.324 e. The van der Waals surface area contributed by atoms with Gasteiger partial charge in [-0.05, 0) is 36.2 Å². The van der Waals surface area contributed by atoms with Gasteiger partial charge in [0.25, 0.3) is 0 Å². The van der Waals surface area contributed by atoms with Crippen molar-refractivity contribution in [1.29, 1.82) is 0 Å². The topological polar surface area (TPSA) is 49.4 Å². The van der Waals surface area contributed by atoms with Gasteiger partial charge in [0, 0.05) is 18.3 Å². The van der Waals surface area contributed by atoms with Crippen molar-refractivity contribution in [3.8, 4) is 0 Å². The van der Waals surface area contributed by atoms with E-state index in [4.69, 9.17) is 11.6 Å². The minimum atomic E-state index is -0.558. The van der Waals surface area contributed by atoms with E-state index < -0.39 is 11.7 Å². The molecular weight excluding hydrogens is 331 g/mol. The highest BCUT2D eigenvalue weighted by Gasteiger charge is 2.18. The van der Waals surface area contributed by atoms with Crippen LogP contribution in [-0.4, -0.2) is 18.4 Å². The highest BCUT2D eigenvalue weighted by Crippen LogP contribution is 2.22. The number of carbonyl (C=O) groups excluding carboxylic acids is 2. The molecule has 2 aromatic rings. The summed E-state index contributed by atoms with van der Waals surface area (Å²) in [5.74, 6) is -1.18. The number of nitrogens with one attached hydrogen (secondary N) is 1. The molecule has 4 nitrogen and oxygen atoms in total. The Morgan fingerprint density at radius 1 is 1.21 bits per heavy atom. The largest absolute Gasteiger partial charge is 0.324 e. The number of halogens is 2. The second kappa shape index (κ2) is 7.93. The predicted octanol–water partition coefficient (Wildman–Crippen LogP) is 4.03. The molecule has 0 radical (unpaired) electrons. The molecule has 6 heteroatoms. The van der Waals surface area contributed by atoms with Crippen LogP contribution in [0, 0.1) is 5.82 Å². The van der Waals surface area contributed by atoms with Crippen LogP contribution in [0.2, 0.25) is 5.02 Å². The number of hydrogen-bond donors (Lipinski definition) is 1. The molecule has 0 aliphatic heterocycles. The van der Waals surface area contributed by atoms with Gasteiger partial charge in [0.1, 0.15) is 12.4 Å². The number of anilines is 2. The number of aryl methyl sites for hydroxylation is 1. The summed E-state index contributed by atoms with van der Waals surface area (Å²) in [5.41, 5.74) is 2.06. The number of nitrogens with zero attached hydrogens (tertiary/aromatic N) is 1. The molecule has 0 aliphatic rings. The van der Waals surface area contributed by atoms with E-state index in [-0.39, 0.29) is 17.5 Å². The Kier molecular flexibility index (Phi) is 5.93. The molecule has 0 aromatic heterocycles. The lowest BCUT2D eigenvalue weighted by atomic mass is 10.1. The first-order chi connectivity index (χ1) is 11.4. The van der Waals surface area contributed by atoms with Crippen molar-refractivity contribution in [2.24, 2.45) is 0 Å². The van der Waals surface area contributed by atoms with Crippen LogP contribution in [0.3, 0.4) is 0 Å². The zero-order valence-corrected chi connectivity index (χ0v) is 14.2. The summed E-state index contributed by atoms with van der Waals surface area (Å²) in [6.45, 7) is 3.26. The van der Waals surface area contributed by atoms with Gasteiger partial charge in [-0.25, -0.2) is 4.39 Å². The Balaban J connectivity index is 2.17. The third-order valence-corrected chi connectivity index (χ3v) is 3.84. The molecule has 0 spiro atoms. The lowest BCUT2D eigenvalue weighted by Crippen LogP contribution is -2.37. The van der Waals surface area contributed by atoms with Gasteiger partial charge in [0.15, 0.2) is 0 Å². The van der Waals surface area contributed by atoms with Crippen molar-refractivity contribution in [3.05, 3.63) is 58.9 Å². The molecule has 0 unspecified atom stereocenters. The minimum absolute atomic E-state index is 0.0763. The Bertz CT molecular complexity index is 764. The molecule has 0 fully saturated rings. The van der Waals surface area contributed by atoms with E-state index in [2.05, 4.69) is 5.32 Å². The van der Waals surface area contributed by atoms with Gasteiger partial charge in [-0.3, -0.25) is 9.59 Å². The molecule has 0 heterocycles. The Morgan fingerprint density at radius 3 is 2.54 bits per heavy atom. The first kappa shape index (κ1) is 17.9. The lowest BCUT2D eigenvalue weighted by Gasteiger charge is -2.23. The zero-order chi connectivity index (χ0) is 17.7. The fourth-order valence-corrected chi connectivity index (χ4v) is 2.54. The van der Waals surface area contributed by atoms with Crippen molar-refractivity contribution < 1.29 is 14.0 Å². The van der Waals surface area contributed by atoms with Crippen LogP contribution in [0.4, 0.5) is 15.8 Å². The fraction of sp³-hybridized carbons (Fsp3) is 0.222. The van der Waals surface area contributed by atoms with E-state index in [0.717, 1.165) is 12.0 Å². The van der Waals surface area contributed by atoms with E-state index in [1.54, 1.807) is 0 Å². The van der Waals surface area contributed by atoms with E-state index in [1.807, 2.05) is 31.2 Å². The molecule has 2 rings (SSSR count).